The Bertz CT molecular complexity index is 277. The Labute approximate surface area is 103 Å². The monoisotopic (exact) mass is 248 g/mol. The summed E-state index contributed by atoms with van der Waals surface area (Å²) in [6, 6.07) is -0.837. The van der Waals surface area contributed by atoms with Crippen LogP contribution in [0.5, 0.6) is 0 Å². The Morgan fingerprint density at radius 1 is 1.41 bits per heavy atom. The summed E-state index contributed by atoms with van der Waals surface area (Å²) in [6.07, 6.45) is -0.464. The van der Waals surface area contributed by atoms with E-state index in [2.05, 4.69) is 10.1 Å². The normalized spacial score (nSPS) is 13.5. The summed E-state index contributed by atoms with van der Waals surface area (Å²) in [4.78, 5) is 22.9. The molecule has 0 unspecified atom stereocenters. The van der Waals surface area contributed by atoms with Gasteiger partial charge in [-0.1, -0.05) is 0 Å². The van der Waals surface area contributed by atoms with Gasteiger partial charge in [0.05, 0.1) is 8.48 Å². The maximum atomic E-state index is 11.5. The van der Waals surface area contributed by atoms with E-state index in [-0.39, 0.29) is 20.1 Å². The zero-order valence-corrected chi connectivity index (χ0v) is 10.7. The molecule has 6 heteroatoms. The molecule has 0 fully saturated rings. The molecular formula is C11H21NO5. The third kappa shape index (κ3) is 7.57. The average molecular weight is 248 g/mol. The highest BCUT2D eigenvalue weighted by atomic mass is 16.6. The predicted molar refractivity (Wildman–Crippen MR) is 61.7 cm³/mol. The first-order valence-corrected chi connectivity index (χ1v) is 5.24. The Morgan fingerprint density at radius 2 is 2.06 bits per heavy atom. The molecule has 1 N–H and O–H groups in total. The number of alkyl carbamates (subject to hydrolysis) is 1. The number of carbonyl (C=O) groups is 2. The molecule has 0 spiro atoms. The summed E-state index contributed by atoms with van der Waals surface area (Å²) in [5.41, 5.74) is -0.636. The third-order valence-electron chi connectivity index (χ3n) is 1.73. The van der Waals surface area contributed by atoms with Crippen LogP contribution in [0, 0.1) is 0 Å². The number of hydrogen-bond acceptors (Lipinski definition) is 5. The fourth-order valence-electron chi connectivity index (χ4n) is 1.04. The number of hydrogen-bond donors (Lipinski definition) is 1. The number of esters is 1. The lowest BCUT2D eigenvalue weighted by Crippen LogP contribution is -2.44. The molecule has 0 saturated heterocycles. The molecule has 0 aliphatic carbocycles. The van der Waals surface area contributed by atoms with E-state index in [0.717, 1.165) is 0 Å². The van der Waals surface area contributed by atoms with Crippen LogP contribution in [-0.2, 0) is 19.0 Å². The second-order valence-corrected chi connectivity index (χ2v) is 4.42. The molecule has 0 heterocycles. The van der Waals surface area contributed by atoms with Crippen molar-refractivity contribution >= 4 is 12.1 Å². The summed E-state index contributed by atoms with van der Waals surface area (Å²) in [7, 11) is 1.04. The Hall–Kier alpha value is -1.30. The zero-order valence-electron chi connectivity index (χ0n) is 11.7. The van der Waals surface area contributed by atoms with Crippen LogP contribution < -0.4 is 5.32 Å². The van der Waals surface area contributed by atoms with Gasteiger partial charge < -0.3 is 19.5 Å². The predicted octanol–water partition coefficient (Wildman–Crippen LogP) is 1.09. The first kappa shape index (κ1) is 13.8. The van der Waals surface area contributed by atoms with Crippen molar-refractivity contribution in [3.8, 4) is 0 Å². The van der Waals surface area contributed by atoms with E-state index in [4.69, 9.17) is 10.8 Å². The maximum absolute atomic E-state index is 11.5. The lowest BCUT2D eigenvalue weighted by Gasteiger charge is -2.22. The van der Waals surface area contributed by atoms with E-state index >= 15 is 0 Å². The summed E-state index contributed by atoms with van der Waals surface area (Å²) < 4.78 is 21.2. The van der Waals surface area contributed by atoms with Crippen molar-refractivity contribution in [3.05, 3.63) is 0 Å². The van der Waals surface area contributed by atoms with Crippen LogP contribution in [0.3, 0.4) is 0 Å². The van der Waals surface area contributed by atoms with Gasteiger partial charge >= 0.3 is 12.1 Å². The number of rotatable bonds is 5. The van der Waals surface area contributed by atoms with E-state index in [1.807, 2.05) is 0 Å². The van der Waals surface area contributed by atoms with Gasteiger partial charge in [-0.3, -0.25) is 0 Å². The van der Waals surface area contributed by atoms with E-state index in [0.29, 0.717) is 0 Å². The molecule has 17 heavy (non-hydrogen) atoms. The second kappa shape index (κ2) is 7.11. The van der Waals surface area contributed by atoms with Gasteiger partial charge in [0.25, 0.3) is 0 Å². The van der Waals surface area contributed by atoms with Crippen molar-refractivity contribution in [2.75, 3.05) is 20.8 Å². The molecule has 1 atom stereocenters. The minimum Gasteiger partial charge on any atom is -0.467 e. The van der Waals surface area contributed by atoms with Crippen molar-refractivity contribution in [2.45, 2.75) is 38.8 Å². The van der Waals surface area contributed by atoms with E-state index in [9.17, 15) is 9.59 Å². The van der Waals surface area contributed by atoms with Gasteiger partial charge in [-0.15, -0.1) is 0 Å². The summed E-state index contributed by atoms with van der Waals surface area (Å²) in [5, 5.41) is 2.41. The van der Waals surface area contributed by atoms with Crippen LogP contribution in [-0.4, -0.2) is 44.5 Å². The molecule has 0 aliphatic heterocycles. The number of ether oxygens (including phenoxy) is 3. The molecule has 0 bridgehead atoms. The number of carbonyl (C=O) groups excluding carboxylic acids is 2. The smallest absolute Gasteiger partial charge is 0.408 e. The van der Waals surface area contributed by atoms with Gasteiger partial charge in [0.2, 0.25) is 0 Å². The first-order valence-electron chi connectivity index (χ1n) is 5.95. The van der Waals surface area contributed by atoms with Crippen molar-refractivity contribution in [3.63, 3.8) is 0 Å². The second-order valence-electron chi connectivity index (χ2n) is 4.42. The largest absolute Gasteiger partial charge is 0.467 e. The molecule has 0 aromatic carbocycles. The van der Waals surface area contributed by atoms with Crippen LogP contribution in [0.1, 0.15) is 28.6 Å². The van der Waals surface area contributed by atoms with Gasteiger partial charge in [-0.05, 0) is 20.8 Å². The molecule has 100 valence electrons. The number of amides is 1. The molecule has 6 nitrogen and oxygen atoms in total. The topological polar surface area (TPSA) is 73.9 Å². The quantitative estimate of drug-likeness (QED) is 0.582. The molecule has 0 rings (SSSR count). The van der Waals surface area contributed by atoms with E-state index in [1.165, 1.54) is 7.11 Å². The highest BCUT2D eigenvalue weighted by molar-refractivity contribution is 5.81. The fraction of sp³-hybridized carbons (Fsp3) is 0.818. The standard InChI is InChI=1S/C11H21NO5/c1-11(2,3)17-10(14)12-8(6-7-15-4)9(13)16-5/h8H,6-7H2,1-5H3,(H,12,14)/t8-/m0/s1/i4D. The van der Waals surface area contributed by atoms with Crippen LogP contribution in [0.25, 0.3) is 0 Å². The summed E-state index contributed by atoms with van der Waals surface area (Å²) in [5.74, 6) is -0.575. The minimum absolute atomic E-state index is 0.180. The lowest BCUT2D eigenvalue weighted by atomic mass is 10.2. The molecule has 0 aromatic heterocycles. The van der Waals surface area contributed by atoms with Crippen LogP contribution in [0.15, 0.2) is 0 Å². The SMILES string of the molecule is [2H]COCC[C@H](NC(=O)OC(C)(C)C)C(=O)OC. The van der Waals surface area contributed by atoms with Gasteiger partial charge in [-0.25, -0.2) is 9.59 Å². The molecule has 0 saturated carbocycles. The molecule has 0 aliphatic rings. The van der Waals surface area contributed by atoms with Crippen LogP contribution >= 0.6 is 0 Å². The van der Waals surface area contributed by atoms with Gasteiger partial charge in [-0.2, -0.15) is 0 Å². The molecular weight excluding hydrogens is 226 g/mol. The van der Waals surface area contributed by atoms with Crippen molar-refractivity contribution in [1.82, 2.24) is 5.32 Å². The Balaban J connectivity index is 4.31. The molecule has 0 radical (unpaired) electrons. The summed E-state index contributed by atoms with van der Waals surface area (Å²) in [6.45, 7) is 5.36. The number of nitrogens with one attached hydrogen (secondary N) is 1. The van der Waals surface area contributed by atoms with Gasteiger partial charge in [0.15, 0.2) is 0 Å². The highest BCUT2D eigenvalue weighted by Crippen LogP contribution is 2.07. The highest BCUT2D eigenvalue weighted by Gasteiger charge is 2.24. The van der Waals surface area contributed by atoms with Crippen LogP contribution in [0.4, 0.5) is 4.79 Å². The van der Waals surface area contributed by atoms with E-state index < -0.39 is 23.7 Å². The van der Waals surface area contributed by atoms with Crippen molar-refractivity contribution in [1.29, 1.82) is 0 Å². The molecule has 0 aromatic rings. The Kier molecular flexibility index (Phi) is 5.76. The number of methoxy groups -OCH3 is 2. The lowest BCUT2D eigenvalue weighted by molar-refractivity contribution is -0.143. The maximum Gasteiger partial charge on any atom is 0.408 e. The summed E-state index contributed by atoms with van der Waals surface area (Å²) >= 11 is 0. The average Bonchev–Trinajstić information content (AvgIpc) is 2.24. The molecule has 1 amide bonds. The van der Waals surface area contributed by atoms with Crippen LogP contribution in [0.2, 0.25) is 0 Å². The van der Waals surface area contributed by atoms with Crippen molar-refractivity contribution in [2.24, 2.45) is 0 Å². The Morgan fingerprint density at radius 3 is 2.53 bits per heavy atom. The van der Waals surface area contributed by atoms with Crippen molar-refractivity contribution < 1.29 is 25.2 Å². The fourth-order valence-corrected chi connectivity index (χ4v) is 1.04. The third-order valence-corrected chi connectivity index (χ3v) is 1.73. The zero-order chi connectivity index (χ0) is 14.2. The minimum atomic E-state index is -0.837. The van der Waals surface area contributed by atoms with E-state index in [1.54, 1.807) is 20.8 Å². The van der Waals surface area contributed by atoms with Gasteiger partial charge in [0.1, 0.15) is 11.6 Å². The first-order chi connectivity index (χ1) is 8.30. The van der Waals surface area contributed by atoms with Gasteiger partial charge in [0, 0.05) is 20.1 Å².